The number of hydrogen-bond acceptors (Lipinski definition) is 5. The molecule has 3 aromatic carbocycles. The van der Waals surface area contributed by atoms with Crippen molar-refractivity contribution in [1.29, 1.82) is 0 Å². The van der Waals surface area contributed by atoms with Gasteiger partial charge in [0.15, 0.2) is 5.78 Å². The molecule has 0 radical (unpaired) electrons. The van der Waals surface area contributed by atoms with Crippen LogP contribution in [-0.2, 0) is 11.4 Å². The molecule has 0 saturated carbocycles. The van der Waals surface area contributed by atoms with E-state index in [0.29, 0.717) is 23.0 Å². The van der Waals surface area contributed by atoms with Gasteiger partial charge in [-0.05, 0) is 40.8 Å². The largest absolute Gasteiger partial charge is 0.489 e. The van der Waals surface area contributed by atoms with Gasteiger partial charge in [0.2, 0.25) is 0 Å². The predicted octanol–water partition coefficient (Wildman–Crippen LogP) is 5.84. The maximum atomic E-state index is 13.3. The van der Waals surface area contributed by atoms with E-state index < -0.39 is 0 Å². The molecule has 0 spiro atoms. The lowest BCUT2D eigenvalue weighted by Gasteiger charge is -2.17. The summed E-state index contributed by atoms with van der Waals surface area (Å²) >= 11 is 1.37. The minimum absolute atomic E-state index is 0.0589. The van der Waals surface area contributed by atoms with Crippen LogP contribution >= 0.6 is 11.3 Å². The molecule has 0 saturated heterocycles. The first-order valence-corrected chi connectivity index (χ1v) is 12.1. The van der Waals surface area contributed by atoms with Crippen molar-refractivity contribution in [3.8, 4) is 5.75 Å². The highest BCUT2D eigenvalue weighted by Gasteiger charge is 2.32. The number of nitrogens with zero attached hydrogens (tertiary/aromatic N) is 2. The lowest BCUT2D eigenvalue weighted by atomic mass is 10.1. The number of carbonyl (C=O) groups excluding carboxylic acids is 2. The number of amidine groups is 1. The molecule has 0 bridgehead atoms. The first kappa shape index (κ1) is 22.5. The van der Waals surface area contributed by atoms with Crippen molar-refractivity contribution < 1.29 is 14.3 Å². The third-order valence-electron chi connectivity index (χ3n) is 5.51. The Morgan fingerprint density at radius 2 is 1.60 bits per heavy atom. The van der Waals surface area contributed by atoms with Gasteiger partial charge in [-0.1, -0.05) is 78.9 Å². The summed E-state index contributed by atoms with van der Waals surface area (Å²) in [4.78, 5) is 32.8. The number of aliphatic imine (C=N–C) groups is 1. The van der Waals surface area contributed by atoms with Gasteiger partial charge < -0.3 is 4.74 Å². The maximum Gasteiger partial charge on any atom is 0.278 e. The molecule has 6 heteroatoms. The highest BCUT2D eigenvalue weighted by molar-refractivity contribution is 7.12. The summed E-state index contributed by atoms with van der Waals surface area (Å²) in [6, 6.07) is 30.5. The van der Waals surface area contributed by atoms with Crippen molar-refractivity contribution in [1.82, 2.24) is 4.90 Å². The SMILES string of the molecule is O=C(CN1C(=O)/C(=C/c2ccc(OCc3ccccc3)cc2)N=C1c1ccccc1)c1cccs1. The Bertz CT molecular complexity index is 1380. The number of hydrogen-bond donors (Lipinski definition) is 0. The van der Waals surface area contributed by atoms with Crippen molar-refractivity contribution in [3.05, 3.63) is 130 Å². The molecule has 172 valence electrons. The number of carbonyl (C=O) groups is 2. The van der Waals surface area contributed by atoms with Gasteiger partial charge in [-0.2, -0.15) is 0 Å². The zero-order chi connectivity index (χ0) is 24.0. The van der Waals surface area contributed by atoms with Crippen molar-refractivity contribution in [3.63, 3.8) is 0 Å². The van der Waals surface area contributed by atoms with Crippen LogP contribution in [0.15, 0.2) is 113 Å². The van der Waals surface area contributed by atoms with Crippen LogP contribution in [0.1, 0.15) is 26.4 Å². The summed E-state index contributed by atoms with van der Waals surface area (Å²) < 4.78 is 5.85. The molecule has 5 nitrogen and oxygen atoms in total. The van der Waals surface area contributed by atoms with Crippen LogP contribution < -0.4 is 4.74 Å². The zero-order valence-electron chi connectivity index (χ0n) is 18.8. The fourth-order valence-corrected chi connectivity index (χ4v) is 4.38. The molecule has 0 unspecified atom stereocenters. The average Bonchev–Trinajstić information content (AvgIpc) is 3.55. The van der Waals surface area contributed by atoms with Gasteiger partial charge in [0, 0.05) is 5.56 Å². The van der Waals surface area contributed by atoms with Crippen molar-refractivity contribution in [2.75, 3.05) is 6.54 Å². The Hall–Kier alpha value is -4.29. The van der Waals surface area contributed by atoms with Crippen LogP contribution in [0, 0.1) is 0 Å². The predicted molar refractivity (Wildman–Crippen MR) is 139 cm³/mol. The molecule has 1 aliphatic rings. The van der Waals surface area contributed by atoms with Gasteiger partial charge in [0.1, 0.15) is 23.9 Å². The Kier molecular flexibility index (Phi) is 6.63. The first-order valence-electron chi connectivity index (χ1n) is 11.2. The Labute approximate surface area is 207 Å². The minimum Gasteiger partial charge on any atom is -0.489 e. The number of Topliss-reactive ketones (excluding diaryl/α,β-unsaturated/α-hetero) is 1. The Morgan fingerprint density at radius 3 is 2.29 bits per heavy atom. The second-order valence-electron chi connectivity index (χ2n) is 7.97. The standard InChI is InChI=1S/C29H22N2O3S/c32-26(27-12-7-17-35-27)19-31-28(23-10-5-2-6-11-23)30-25(29(31)33)18-21-13-15-24(16-14-21)34-20-22-8-3-1-4-9-22/h1-18H,19-20H2/b25-18-. The zero-order valence-corrected chi connectivity index (χ0v) is 19.7. The van der Waals surface area contributed by atoms with E-state index in [1.165, 1.54) is 16.2 Å². The molecule has 0 aliphatic carbocycles. The molecule has 35 heavy (non-hydrogen) atoms. The lowest BCUT2D eigenvalue weighted by molar-refractivity contribution is -0.122. The molecule has 5 rings (SSSR count). The van der Waals surface area contributed by atoms with Gasteiger partial charge in [-0.25, -0.2) is 4.99 Å². The van der Waals surface area contributed by atoms with Crippen LogP contribution in [0.4, 0.5) is 0 Å². The highest BCUT2D eigenvalue weighted by atomic mass is 32.1. The number of thiophene rings is 1. The second kappa shape index (κ2) is 10.3. The van der Waals surface area contributed by atoms with Gasteiger partial charge >= 0.3 is 0 Å². The van der Waals surface area contributed by atoms with E-state index in [2.05, 4.69) is 4.99 Å². The normalized spacial score (nSPS) is 14.3. The van der Waals surface area contributed by atoms with E-state index in [9.17, 15) is 9.59 Å². The summed E-state index contributed by atoms with van der Waals surface area (Å²) in [6.45, 7) is 0.425. The van der Waals surface area contributed by atoms with Crippen LogP contribution in [0.3, 0.4) is 0 Å². The van der Waals surface area contributed by atoms with E-state index in [1.54, 1.807) is 12.1 Å². The molecule has 0 atom stereocenters. The van der Waals surface area contributed by atoms with Crippen molar-refractivity contribution in [2.45, 2.75) is 6.61 Å². The van der Waals surface area contributed by atoms with Crippen LogP contribution in [0.2, 0.25) is 0 Å². The van der Waals surface area contributed by atoms with Crippen LogP contribution in [0.25, 0.3) is 6.08 Å². The summed E-state index contributed by atoms with van der Waals surface area (Å²) in [5.41, 5.74) is 2.99. The molecule has 2 heterocycles. The van der Waals surface area contributed by atoms with Gasteiger partial charge in [-0.3, -0.25) is 14.5 Å². The van der Waals surface area contributed by atoms with Gasteiger partial charge in [-0.15, -0.1) is 11.3 Å². The average molecular weight is 479 g/mol. The van der Waals surface area contributed by atoms with Crippen molar-refractivity contribution in [2.24, 2.45) is 4.99 Å². The van der Waals surface area contributed by atoms with Crippen LogP contribution in [0.5, 0.6) is 5.75 Å². The monoisotopic (exact) mass is 478 g/mol. The summed E-state index contributed by atoms with van der Waals surface area (Å²) in [7, 11) is 0. The van der Waals surface area contributed by atoms with Crippen LogP contribution in [-0.4, -0.2) is 29.0 Å². The summed E-state index contributed by atoms with van der Waals surface area (Å²) in [5.74, 6) is 0.816. The fraction of sp³-hybridized carbons (Fsp3) is 0.0690. The Morgan fingerprint density at radius 1 is 0.886 bits per heavy atom. The third kappa shape index (κ3) is 5.28. The number of amides is 1. The highest BCUT2D eigenvalue weighted by Crippen LogP contribution is 2.24. The quantitative estimate of drug-likeness (QED) is 0.236. The van der Waals surface area contributed by atoms with E-state index in [0.717, 1.165) is 22.4 Å². The third-order valence-corrected chi connectivity index (χ3v) is 6.42. The fourth-order valence-electron chi connectivity index (χ4n) is 3.72. The summed E-state index contributed by atoms with van der Waals surface area (Å²) in [6.07, 6.45) is 1.74. The first-order chi connectivity index (χ1) is 17.2. The van der Waals surface area contributed by atoms with Gasteiger partial charge in [0.25, 0.3) is 5.91 Å². The number of benzene rings is 3. The second-order valence-corrected chi connectivity index (χ2v) is 8.91. The topological polar surface area (TPSA) is 59.0 Å². The molecular formula is C29H22N2O3S. The maximum absolute atomic E-state index is 13.3. The number of rotatable bonds is 8. The van der Waals surface area contributed by atoms with E-state index in [1.807, 2.05) is 96.4 Å². The number of ether oxygens (including phenoxy) is 1. The molecule has 1 aromatic heterocycles. The smallest absolute Gasteiger partial charge is 0.278 e. The number of ketones is 1. The Balaban J connectivity index is 1.36. The molecule has 0 fully saturated rings. The van der Waals surface area contributed by atoms with Crippen molar-refractivity contribution >= 4 is 34.9 Å². The molecule has 4 aromatic rings. The molecule has 1 amide bonds. The molecular weight excluding hydrogens is 456 g/mol. The minimum atomic E-state index is -0.293. The lowest BCUT2D eigenvalue weighted by Crippen LogP contribution is -2.37. The molecule has 0 N–H and O–H groups in total. The van der Waals surface area contributed by atoms with E-state index in [4.69, 9.17) is 4.74 Å². The van der Waals surface area contributed by atoms with Gasteiger partial charge in [0.05, 0.1) is 11.4 Å². The summed E-state index contributed by atoms with van der Waals surface area (Å²) in [5, 5.41) is 1.85. The molecule has 1 aliphatic heterocycles. The van der Waals surface area contributed by atoms with E-state index >= 15 is 0 Å². The van der Waals surface area contributed by atoms with E-state index in [-0.39, 0.29) is 18.2 Å².